The second kappa shape index (κ2) is 8.94. The van der Waals surface area contributed by atoms with Crippen LogP contribution < -0.4 is 5.32 Å². The van der Waals surface area contributed by atoms with Crippen LogP contribution in [0.2, 0.25) is 5.02 Å². The molecule has 0 unspecified atom stereocenters. The van der Waals surface area contributed by atoms with Crippen molar-refractivity contribution in [3.8, 4) is 0 Å². The van der Waals surface area contributed by atoms with Gasteiger partial charge in [0.2, 0.25) is 5.91 Å². The van der Waals surface area contributed by atoms with Gasteiger partial charge < -0.3 is 5.32 Å². The van der Waals surface area contributed by atoms with Gasteiger partial charge in [0.05, 0.1) is 10.2 Å². The fourth-order valence-electron chi connectivity index (χ4n) is 2.25. The Morgan fingerprint density at radius 3 is 2.80 bits per heavy atom. The van der Waals surface area contributed by atoms with E-state index in [1.54, 1.807) is 34.9 Å². The summed E-state index contributed by atoms with van der Waals surface area (Å²) in [7, 11) is 0. The highest BCUT2D eigenvalue weighted by atomic mass is 35.5. The predicted molar refractivity (Wildman–Crippen MR) is 111 cm³/mol. The van der Waals surface area contributed by atoms with Crippen LogP contribution in [0.3, 0.4) is 0 Å². The number of aromatic nitrogens is 1. The Kier molecular flexibility index (Phi) is 6.64. The summed E-state index contributed by atoms with van der Waals surface area (Å²) in [6, 6.07) is 13.6. The molecule has 7 heteroatoms. The minimum atomic E-state index is 0.0469. The zero-order chi connectivity index (χ0) is 17.6. The maximum Gasteiger partial charge on any atom is 0.224 e. The summed E-state index contributed by atoms with van der Waals surface area (Å²) < 4.78 is 2.14. The van der Waals surface area contributed by atoms with Gasteiger partial charge >= 0.3 is 0 Å². The van der Waals surface area contributed by atoms with Gasteiger partial charge in [-0.1, -0.05) is 23.4 Å². The number of rotatable bonds is 7. The first kappa shape index (κ1) is 18.6. The van der Waals surface area contributed by atoms with E-state index in [4.69, 9.17) is 11.6 Å². The van der Waals surface area contributed by atoms with E-state index in [0.717, 1.165) is 37.4 Å². The second-order valence-corrected chi connectivity index (χ2v) is 9.01. The fraction of sp³-hybridized carbons (Fsp3) is 0.222. The van der Waals surface area contributed by atoms with Crippen LogP contribution in [0.25, 0.3) is 10.2 Å². The maximum atomic E-state index is 12.1. The summed E-state index contributed by atoms with van der Waals surface area (Å²) in [4.78, 5) is 17.8. The first-order valence-electron chi connectivity index (χ1n) is 7.77. The topological polar surface area (TPSA) is 42.0 Å². The Balaban J connectivity index is 1.46. The molecule has 1 heterocycles. The number of thioether (sulfide) groups is 2. The molecule has 25 heavy (non-hydrogen) atoms. The number of thiazole rings is 1. The number of hydrogen-bond acceptors (Lipinski definition) is 5. The standard InChI is InChI=1S/C18H17ClN2OS3/c1-23-18-21-15-9-6-13(11-16(15)25-18)20-17(22)3-2-10-24-14-7-4-12(19)5-8-14/h4-9,11H,2-3,10H2,1H3,(H,20,22). The average Bonchev–Trinajstić information content (AvgIpc) is 3.03. The van der Waals surface area contributed by atoms with Crippen LogP contribution in [-0.2, 0) is 4.79 Å². The van der Waals surface area contributed by atoms with Gasteiger partial charge in [-0.25, -0.2) is 4.98 Å². The first-order valence-corrected chi connectivity index (χ1v) is 11.2. The predicted octanol–water partition coefficient (Wildman–Crippen LogP) is 6.18. The van der Waals surface area contributed by atoms with E-state index in [2.05, 4.69) is 10.3 Å². The third-order valence-corrected chi connectivity index (χ3v) is 6.81. The molecule has 0 atom stereocenters. The van der Waals surface area contributed by atoms with Gasteiger partial charge in [-0.2, -0.15) is 0 Å². The van der Waals surface area contributed by atoms with E-state index in [-0.39, 0.29) is 5.91 Å². The van der Waals surface area contributed by atoms with E-state index < -0.39 is 0 Å². The van der Waals surface area contributed by atoms with E-state index in [0.29, 0.717) is 6.42 Å². The van der Waals surface area contributed by atoms with Crippen molar-refractivity contribution in [1.29, 1.82) is 0 Å². The van der Waals surface area contributed by atoms with Gasteiger partial charge in [0, 0.05) is 22.0 Å². The molecular formula is C18H17ClN2OS3. The highest BCUT2D eigenvalue weighted by molar-refractivity contribution is 8.00. The van der Waals surface area contributed by atoms with E-state index >= 15 is 0 Å². The summed E-state index contributed by atoms with van der Waals surface area (Å²) in [5, 5.41) is 3.72. The van der Waals surface area contributed by atoms with Crippen LogP contribution in [0.1, 0.15) is 12.8 Å². The molecule has 3 aromatic rings. The number of halogens is 1. The summed E-state index contributed by atoms with van der Waals surface area (Å²) in [6.07, 6.45) is 3.36. The molecule has 0 bridgehead atoms. The summed E-state index contributed by atoms with van der Waals surface area (Å²) >= 11 is 10.9. The van der Waals surface area contributed by atoms with Crippen molar-refractivity contribution >= 4 is 68.3 Å². The SMILES string of the molecule is CSc1nc2ccc(NC(=O)CCCSc3ccc(Cl)cc3)cc2s1. The highest BCUT2D eigenvalue weighted by Gasteiger charge is 2.07. The number of fused-ring (bicyclic) bond motifs is 1. The number of anilines is 1. The molecule has 1 N–H and O–H groups in total. The normalized spacial score (nSPS) is 11.0. The monoisotopic (exact) mass is 408 g/mol. The van der Waals surface area contributed by atoms with Crippen LogP contribution in [0.15, 0.2) is 51.7 Å². The van der Waals surface area contributed by atoms with Crippen LogP contribution in [0.4, 0.5) is 5.69 Å². The van der Waals surface area contributed by atoms with Crippen molar-refractivity contribution in [2.45, 2.75) is 22.1 Å². The van der Waals surface area contributed by atoms with Gasteiger partial charge in [-0.05, 0) is 60.9 Å². The lowest BCUT2D eigenvalue weighted by Crippen LogP contribution is -2.11. The number of hydrogen-bond donors (Lipinski definition) is 1. The van der Waals surface area contributed by atoms with Gasteiger partial charge in [0.25, 0.3) is 0 Å². The van der Waals surface area contributed by atoms with Crippen molar-refractivity contribution in [2.24, 2.45) is 0 Å². The van der Waals surface area contributed by atoms with Crippen molar-refractivity contribution in [3.05, 3.63) is 47.5 Å². The van der Waals surface area contributed by atoms with Gasteiger partial charge in [0.1, 0.15) is 0 Å². The molecule has 0 radical (unpaired) electrons. The van der Waals surface area contributed by atoms with E-state index in [9.17, 15) is 4.79 Å². The largest absolute Gasteiger partial charge is 0.326 e. The zero-order valence-electron chi connectivity index (χ0n) is 13.6. The highest BCUT2D eigenvalue weighted by Crippen LogP contribution is 2.30. The van der Waals surface area contributed by atoms with Crippen molar-refractivity contribution in [1.82, 2.24) is 4.98 Å². The van der Waals surface area contributed by atoms with E-state index in [1.165, 1.54) is 4.90 Å². The number of amides is 1. The molecule has 3 rings (SSSR count). The smallest absolute Gasteiger partial charge is 0.224 e. The quantitative estimate of drug-likeness (QED) is 0.374. The number of carbonyl (C=O) groups is 1. The Morgan fingerprint density at radius 2 is 2.04 bits per heavy atom. The third-order valence-electron chi connectivity index (χ3n) is 3.46. The lowest BCUT2D eigenvalue weighted by atomic mass is 10.2. The van der Waals surface area contributed by atoms with Crippen LogP contribution in [0.5, 0.6) is 0 Å². The van der Waals surface area contributed by atoms with Gasteiger partial charge in [0.15, 0.2) is 4.34 Å². The maximum absolute atomic E-state index is 12.1. The second-order valence-electron chi connectivity index (χ2n) is 5.32. The number of carbonyl (C=O) groups excluding carboxylic acids is 1. The Morgan fingerprint density at radius 1 is 1.24 bits per heavy atom. The minimum Gasteiger partial charge on any atom is -0.326 e. The molecule has 0 aliphatic heterocycles. The molecule has 3 nitrogen and oxygen atoms in total. The fourth-order valence-corrected chi connectivity index (χ4v) is 4.75. The van der Waals surface area contributed by atoms with Gasteiger partial charge in [-0.15, -0.1) is 23.1 Å². The molecular weight excluding hydrogens is 392 g/mol. The lowest BCUT2D eigenvalue weighted by Gasteiger charge is -2.05. The molecule has 0 aliphatic rings. The Hall–Kier alpha value is -1.21. The van der Waals surface area contributed by atoms with Crippen molar-refractivity contribution in [3.63, 3.8) is 0 Å². The lowest BCUT2D eigenvalue weighted by molar-refractivity contribution is -0.116. The Labute approximate surface area is 164 Å². The number of benzene rings is 2. The zero-order valence-corrected chi connectivity index (χ0v) is 16.8. The average molecular weight is 409 g/mol. The number of nitrogens with zero attached hydrogens (tertiary/aromatic N) is 1. The van der Waals surface area contributed by atoms with Crippen molar-refractivity contribution < 1.29 is 4.79 Å². The molecule has 1 aromatic heterocycles. The third kappa shape index (κ3) is 5.38. The van der Waals surface area contributed by atoms with Crippen LogP contribution in [0, 0.1) is 0 Å². The minimum absolute atomic E-state index is 0.0469. The first-order chi connectivity index (χ1) is 12.1. The molecule has 1 amide bonds. The molecule has 0 fully saturated rings. The molecule has 130 valence electrons. The molecule has 0 spiro atoms. The van der Waals surface area contributed by atoms with Crippen LogP contribution >= 0.6 is 46.5 Å². The molecule has 2 aromatic carbocycles. The molecule has 0 saturated heterocycles. The summed E-state index contributed by atoms with van der Waals surface area (Å²) in [6.45, 7) is 0. The van der Waals surface area contributed by atoms with E-state index in [1.807, 2.05) is 48.7 Å². The van der Waals surface area contributed by atoms with Crippen LogP contribution in [-0.4, -0.2) is 22.9 Å². The Bertz CT molecular complexity index is 864. The molecule has 0 saturated carbocycles. The summed E-state index contributed by atoms with van der Waals surface area (Å²) in [5.74, 6) is 0.950. The number of nitrogens with one attached hydrogen (secondary N) is 1. The van der Waals surface area contributed by atoms with Crippen molar-refractivity contribution in [2.75, 3.05) is 17.3 Å². The summed E-state index contributed by atoms with van der Waals surface area (Å²) in [5.41, 5.74) is 1.81. The molecule has 0 aliphatic carbocycles. The van der Waals surface area contributed by atoms with Gasteiger partial charge in [-0.3, -0.25) is 4.79 Å².